The topological polar surface area (TPSA) is 103 Å². The number of ether oxygens (including phenoxy) is 1. The molecule has 1 aliphatic heterocycles. The van der Waals surface area contributed by atoms with E-state index >= 15 is 0 Å². The molecule has 5 rings (SSSR count). The van der Waals surface area contributed by atoms with Gasteiger partial charge in [0.2, 0.25) is 0 Å². The van der Waals surface area contributed by atoms with Crippen molar-refractivity contribution in [3.63, 3.8) is 0 Å². The molecule has 48 heavy (non-hydrogen) atoms. The van der Waals surface area contributed by atoms with Gasteiger partial charge in [-0.3, -0.25) is 4.90 Å². The van der Waals surface area contributed by atoms with Gasteiger partial charge in [0.15, 0.2) is 19.8 Å². The standard InChI is InChI=1S/C35H54N8O3Si2/c1-26(2)30-23-40(17-11-19-46-48(9,10)35(3,4)5)34(44)43(30)31-16-18-42-33(38-31)29(22-37-42)27-12-14-28(15-13-27)32-36-24-41(39-32)25-45-20-21-47(6,7)8/h12-16,18,22,24,26,30H,11,17,19-21,23,25H2,1-10H3. The van der Waals surface area contributed by atoms with Gasteiger partial charge in [-0.1, -0.05) is 78.5 Å². The Bertz CT molecular complexity index is 1690. The van der Waals surface area contributed by atoms with Crippen LogP contribution in [0.1, 0.15) is 41.0 Å². The van der Waals surface area contributed by atoms with Crippen LogP contribution in [0.3, 0.4) is 0 Å². The van der Waals surface area contributed by atoms with Crippen LogP contribution in [-0.2, 0) is 15.9 Å². The number of carbonyl (C=O) groups excluding carboxylic acids is 1. The molecule has 1 unspecified atom stereocenters. The molecule has 0 aliphatic carbocycles. The van der Waals surface area contributed by atoms with Gasteiger partial charge < -0.3 is 14.1 Å². The number of anilines is 1. The van der Waals surface area contributed by atoms with E-state index in [1.54, 1.807) is 15.5 Å². The Labute approximate surface area is 287 Å². The average molecular weight is 691 g/mol. The summed E-state index contributed by atoms with van der Waals surface area (Å²) in [5.74, 6) is 1.57. The number of hydrogen-bond acceptors (Lipinski definition) is 7. The summed E-state index contributed by atoms with van der Waals surface area (Å²) in [6, 6.07) is 11.1. The fraction of sp³-hybridized carbons (Fsp3) is 0.571. The van der Waals surface area contributed by atoms with E-state index in [9.17, 15) is 4.79 Å². The number of fused-ring (bicyclic) bond motifs is 1. The van der Waals surface area contributed by atoms with Crippen LogP contribution in [0.25, 0.3) is 28.2 Å². The molecule has 13 heteroatoms. The predicted molar refractivity (Wildman–Crippen MR) is 197 cm³/mol. The second-order valence-electron chi connectivity index (χ2n) is 16.0. The van der Waals surface area contributed by atoms with Crippen LogP contribution < -0.4 is 4.90 Å². The van der Waals surface area contributed by atoms with Gasteiger partial charge >= 0.3 is 6.03 Å². The van der Waals surface area contributed by atoms with Crippen molar-refractivity contribution in [1.82, 2.24) is 34.3 Å². The molecular formula is C35H54N8O3Si2. The molecule has 0 radical (unpaired) electrons. The van der Waals surface area contributed by atoms with Crippen molar-refractivity contribution in [1.29, 1.82) is 0 Å². The Balaban J connectivity index is 1.28. The van der Waals surface area contributed by atoms with E-state index in [1.165, 1.54) is 0 Å². The van der Waals surface area contributed by atoms with Gasteiger partial charge in [-0.15, -0.1) is 5.10 Å². The third kappa shape index (κ3) is 8.24. The van der Waals surface area contributed by atoms with Gasteiger partial charge in [0.05, 0.1) is 12.2 Å². The van der Waals surface area contributed by atoms with Crippen molar-refractivity contribution in [2.45, 2.75) is 97.6 Å². The molecule has 0 saturated carbocycles. The molecule has 11 nitrogen and oxygen atoms in total. The third-order valence-corrected chi connectivity index (χ3v) is 15.9. The SMILES string of the molecule is CC(C)C1CN(CCCO[Si](C)(C)C(C)(C)C)C(=O)N1c1ccn2ncc(-c3ccc(-c4ncn(COCC[Si](C)(C)C)n4)cc3)c2n1. The molecule has 0 N–H and O–H groups in total. The van der Waals surface area contributed by atoms with Crippen molar-refractivity contribution in [2.24, 2.45) is 5.92 Å². The first-order chi connectivity index (χ1) is 22.5. The van der Waals surface area contributed by atoms with Crippen molar-refractivity contribution in [2.75, 3.05) is 31.2 Å². The zero-order valence-corrected chi connectivity index (χ0v) is 32.5. The molecule has 1 fully saturated rings. The highest BCUT2D eigenvalue weighted by molar-refractivity contribution is 6.76. The van der Waals surface area contributed by atoms with Crippen LogP contribution >= 0.6 is 0 Å². The molecule has 1 atom stereocenters. The summed E-state index contributed by atoms with van der Waals surface area (Å²) < 4.78 is 15.7. The Kier molecular flexibility index (Phi) is 10.6. The molecule has 4 heterocycles. The molecule has 2 amide bonds. The van der Waals surface area contributed by atoms with Crippen LogP contribution in [0.5, 0.6) is 0 Å². The zero-order chi connectivity index (χ0) is 34.9. The van der Waals surface area contributed by atoms with E-state index < -0.39 is 16.4 Å². The zero-order valence-electron chi connectivity index (χ0n) is 30.5. The number of rotatable bonds is 14. The lowest BCUT2D eigenvalue weighted by molar-refractivity contribution is 0.0785. The molecule has 1 saturated heterocycles. The predicted octanol–water partition coefficient (Wildman–Crippen LogP) is 7.65. The Morgan fingerprint density at radius 2 is 1.71 bits per heavy atom. The van der Waals surface area contributed by atoms with Crippen LogP contribution in [-0.4, -0.2) is 89.0 Å². The maximum Gasteiger partial charge on any atom is 0.326 e. The van der Waals surface area contributed by atoms with Crippen LogP contribution in [0, 0.1) is 5.92 Å². The smallest absolute Gasteiger partial charge is 0.326 e. The molecule has 4 aromatic rings. The van der Waals surface area contributed by atoms with Crippen LogP contribution in [0.2, 0.25) is 43.8 Å². The maximum atomic E-state index is 13.8. The second kappa shape index (κ2) is 14.2. The Morgan fingerprint density at radius 3 is 2.38 bits per heavy atom. The average Bonchev–Trinajstić information content (AvgIpc) is 3.74. The summed E-state index contributed by atoms with van der Waals surface area (Å²) in [4.78, 5) is 27.2. The molecule has 0 spiro atoms. The number of carbonyl (C=O) groups is 1. The largest absolute Gasteiger partial charge is 0.417 e. The maximum absolute atomic E-state index is 13.8. The summed E-state index contributed by atoms with van der Waals surface area (Å²) >= 11 is 0. The molecular weight excluding hydrogens is 637 g/mol. The molecule has 3 aromatic heterocycles. The van der Waals surface area contributed by atoms with E-state index in [1.807, 2.05) is 52.5 Å². The van der Waals surface area contributed by atoms with E-state index in [4.69, 9.17) is 14.1 Å². The second-order valence-corrected chi connectivity index (χ2v) is 26.4. The number of hydrogen-bond donors (Lipinski definition) is 0. The highest BCUT2D eigenvalue weighted by Gasteiger charge is 2.41. The lowest BCUT2D eigenvalue weighted by Gasteiger charge is -2.36. The monoisotopic (exact) mass is 690 g/mol. The van der Waals surface area contributed by atoms with Gasteiger partial charge in [-0.05, 0) is 48.1 Å². The highest BCUT2D eigenvalue weighted by Crippen LogP contribution is 2.37. The highest BCUT2D eigenvalue weighted by atomic mass is 28.4. The minimum atomic E-state index is -1.82. The quantitative estimate of drug-likeness (QED) is 0.0990. The van der Waals surface area contributed by atoms with Gasteiger partial charge in [0.1, 0.15) is 18.9 Å². The van der Waals surface area contributed by atoms with Gasteiger partial charge in [0.25, 0.3) is 0 Å². The van der Waals surface area contributed by atoms with Gasteiger partial charge in [-0.25, -0.2) is 24.0 Å². The molecule has 1 aromatic carbocycles. The Morgan fingerprint density at radius 1 is 1.00 bits per heavy atom. The van der Waals surface area contributed by atoms with Crippen molar-refractivity contribution < 1.29 is 14.0 Å². The number of amides is 2. The number of urea groups is 1. The van der Waals surface area contributed by atoms with E-state index in [0.29, 0.717) is 43.7 Å². The summed E-state index contributed by atoms with van der Waals surface area (Å²) in [6.45, 7) is 25.8. The van der Waals surface area contributed by atoms with E-state index in [2.05, 4.69) is 82.5 Å². The van der Waals surface area contributed by atoms with Crippen molar-refractivity contribution in [3.05, 3.63) is 49.1 Å². The normalized spacial score (nSPS) is 16.2. The Hall–Kier alpha value is -3.40. The van der Waals surface area contributed by atoms with E-state index in [0.717, 1.165) is 35.8 Å². The summed E-state index contributed by atoms with van der Waals surface area (Å²) in [6.07, 6.45) is 6.24. The fourth-order valence-corrected chi connectivity index (χ4v) is 7.31. The first-order valence-electron chi connectivity index (χ1n) is 17.2. The summed E-state index contributed by atoms with van der Waals surface area (Å²) in [7, 11) is -2.95. The van der Waals surface area contributed by atoms with Gasteiger partial charge in [-0.2, -0.15) is 5.10 Å². The van der Waals surface area contributed by atoms with Crippen LogP contribution in [0.15, 0.2) is 49.1 Å². The minimum Gasteiger partial charge on any atom is -0.417 e. The lowest BCUT2D eigenvalue weighted by Crippen LogP contribution is -2.41. The molecule has 1 aliphatic rings. The number of nitrogens with zero attached hydrogens (tertiary/aromatic N) is 8. The third-order valence-electron chi connectivity index (χ3n) is 9.64. The van der Waals surface area contributed by atoms with Crippen molar-refractivity contribution in [3.8, 4) is 22.5 Å². The number of aromatic nitrogens is 6. The van der Waals surface area contributed by atoms with Gasteiger partial charge in [0, 0.05) is 51.7 Å². The molecule has 0 bridgehead atoms. The first kappa shape index (κ1) is 35.9. The van der Waals surface area contributed by atoms with E-state index in [-0.39, 0.29) is 23.0 Å². The summed E-state index contributed by atoms with van der Waals surface area (Å²) in [5.41, 5.74) is 3.49. The first-order valence-corrected chi connectivity index (χ1v) is 23.8. The van der Waals surface area contributed by atoms with Crippen LogP contribution in [0.4, 0.5) is 10.6 Å². The lowest BCUT2D eigenvalue weighted by atomic mass is 10.0. The summed E-state index contributed by atoms with van der Waals surface area (Å²) in [5, 5.41) is 9.33. The minimum absolute atomic E-state index is 0.00307. The van der Waals surface area contributed by atoms with Crippen molar-refractivity contribution >= 4 is 33.9 Å². The number of benzene rings is 1. The molecule has 260 valence electrons. The fourth-order valence-electron chi connectivity index (χ4n) is 5.46.